The molecular formula is C19H20N2O5. The summed E-state index contributed by atoms with van der Waals surface area (Å²) in [5.74, 6) is -0.148. The van der Waals surface area contributed by atoms with E-state index in [4.69, 9.17) is 4.74 Å². The molecular weight excluding hydrogens is 336 g/mol. The summed E-state index contributed by atoms with van der Waals surface area (Å²) < 4.78 is 10.2. The lowest BCUT2D eigenvalue weighted by Crippen LogP contribution is -2.32. The summed E-state index contributed by atoms with van der Waals surface area (Å²) >= 11 is 0. The first-order valence-electron chi connectivity index (χ1n) is 8.32. The van der Waals surface area contributed by atoms with Gasteiger partial charge in [0, 0.05) is 36.5 Å². The van der Waals surface area contributed by atoms with Crippen LogP contribution in [0.3, 0.4) is 0 Å². The molecule has 0 fully saturated rings. The highest BCUT2D eigenvalue weighted by molar-refractivity contribution is 5.81. The van der Waals surface area contributed by atoms with E-state index in [-0.39, 0.29) is 31.1 Å². The normalized spacial score (nSPS) is 13.3. The predicted molar refractivity (Wildman–Crippen MR) is 93.5 cm³/mol. The number of aromatic hydroxyl groups is 1. The van der Waals surface area contributed by atoms with Crippen LogP contribution < -0.4 is 4.74 Å². The van der Waals surface area contributed by atoms with E-state index in [0.717, 1.165) is 11.1 Å². The molecule has 1 aliphatic heterocycles. The Balaban J connectivity index is 1.83. The first-order valence-corrected chi connectivity index (χ1v) is 8.32. The summed E-state index contributed by atoms with van der Waals surface area (Å²) in [5, 5.41) is 10.3. The van der Waals surface area contributed by atoms with Crippen LogP contribution in [0, 0.1) is 0 Å². The van der Waals surface area contributed by atoms with Crippen molar-refractivity contribution in [2.45, 2.75) is 19.4 Å². The van der Waals surface area contributed by atoms with E-state index in [9.17, 15) is 14.7 Å². The number of pyridine rings is 1. The molecule has 1 N–H and O–H groups in total. The van der Waals surface area contributed by atoms with Crippen LogP contribution in [0.4, 0.5) is 0 Å². The Morgan fingerprint density at radius 3 is 2.88 bits per heavy atom. The molecule has 136 valence electrons. The van der Waals surface area contributed by atoms with Gasteiger partial charge in [0.25, 0.3) is 0 Å². The molecule has 0 atom stereocenters. The molecule has 0 saturated carbocycles. The van der Waals surface area contributed by atoms with Crippen molar-refractivity contribution in [3.63, 3.8) is 0 Å². The number of nitrogens with zero attached hydrogens (tertiary/aromatic N) is 2. The molecule has 2 heterocycles. The van der Waals surface area contributed by atoms with Gasteiger partial charge in [0.15, 0.2) is 11.5 Å². The smallest absolute Gasteiger partial charge is 0.306 e. The van der Waals surface area contributed by atoms with Crippen LogP contribution in [-0.4, -0.2) is 47.1 Å². The van der Waals surface area contributed by atoms with E-state index in [1.54, 1.807) is 23.4 Å². The van der Waals surface area contributed by atoms with E-state index >= 15 is 0 Å². The van der Waals surface area contributed by atoms with Gasteiger partial charge in [-0.3, -0.25) is 14.6 Å². The number of fused-ring (bicyclic) bond motifs is 1. The van der Waals surface area contributed by atoms with Gasteiger partial charge in [-0.05, 0) is 23.8 Å². The zero-order valence-corrected chi connectivity index (χ0v) is 14.5. The Hall–Kier alpha value is -3.09. The SMILES string of the molecule is COC(=O)CCC(=O)N1CCOc2c(O)cc(-c3cccnc3)cc2C1. The molecule has 2 aromatic rings. The molecule has 0 saturated heterocycles. The highest BCUT2D eigenvalue weighted by atomic mass is 16.5. The molecule has 1 aromatic carbocycles. The average molecular weight is 356 g/mol. The lowest BCUT2D eigenvalue weighted by molar-refractivity contribution is -0.143. The van der Waals surface area contributed by atoms with Gasteiger partial charge < -0.3 is 19.5 Å². The second kappa shape index (κ2) is 7.86. The first kappa shape index (κ1) is 17.7. The van der Waals surface area contributed by atoms with Crippen LogP contribution in [0.1, 0.15) is 18.4 Å². The minimum atomic E-state index is -0.415. The third-order valence-corrected chi connectivity index (χ3v) is 4.23. The Bertz CT molecular complexity index is 807. The molecule has 0 bridgehead atoms. The van der Waals surface area contributed by atoms with Crippen molar-refractivity contribution in [1.29, 1.82) is 0 Å². The van der Waals surface area contributed by atoms with Crippen molar-refractivity contribution in [2.24, 2.45) is 0 Å². The molecule has 3 rings (SSSR count). The summed E-state index contributed by atoms with van der Waals surface area (Å²) in [6.07, 6.45) is 3.51. The fourth-order valence-corrected chi connectivity index (χ4v) is 2.88. The molecule has 7 nitrogen and oxygen atoms in total. The van der Waals surface area contributed by atoms with Gasteiger partial charge in [-0.1, -0.05) is 6.07 Å². The average Bonchev–Trinajstić information content (AvgIpc) is 2.89. The molecule has 1 aromatic heterocycles. The monoisotopic (exact) mass is 356 g/mol. The highest BCUT2D eigenvalue weighted by Gasteiger charge is 2.23. The van der Waals surface area contributed by atoms with Crippen LogP contribution in [0.15, 0.2) is 36.7 Å². The molecule has 1 aliphatic rings. The van der Waals surface area contributed by atoms with Crippen molar-refractivity contribution in [3.05, 3.63) is 42.2 Å². The van der Waals surface area contributed by atoms with Gasteiger partial charge in [-0.15, -0.1) is 0 Å². The van der Waals surface area contributed by atoms with Crippen molar-refractivity contribution < 1.29 is 24.2 Å². The van der Waals surface area contributed by atoms with Crippen LogP contribution in [0.2, 0.25) is 0 Å². The number of phenolic OH excluding ortho intramolecular Hbond substituents is 1. The van der Waals surface area contributed by atoms with Crippen LogP contribution in [-0.2, 0) is 20.9 Å². The van der Waals surface area contributed by atoms with Crippen LogP contribution in [0.5, 0.6) is 11.5 Å². The van der Waals surface area contributed by atoms with Gasteiger partial charge in [0.05, 0.1) is 20.1 Å². The number of aromatic nitrogens is 1. The van der Waals surface area contributed by atoms with Crippen molar-refractivity contribution >= 4 is 11.9 Å². The molecule has 26 heavy (non-hydrogen) atoms. The second-order valence-electron chi connectivity index (χ2n) is 5.97. The van der Waals surface area contributed by atoms with Gasteiger partial charge in [0.2, 0.25) is 5.91 Å². The zero-order valence-electron chi connectivity index (χ0n) is 14.5. The third kappa shape index (κ3) is 3.93. The van der Waals surface area contributed by atoms with Crippen molar-refractivity contribution in [3.8, 4) is 22.6 Å². The standard InChI is InChI=1S/C19H20N2O5/c1-25-18(24)5-4-17(23)21-7-8-26-19-15(12-21)9-14(10-16(19)22)13-3-2-6-20-11-13/h2-3,6,9-11,22H,4-5,7-8,12H2,1H3. The number of amides is 1. The number of hydrogen-bond acceptors (Lipinski definition) is 6. The number of esters is 1. The van der Waals surface area contributed by atoms with Crippen molar-refractivity contribution in [2.75, 3.05) is 20.3 Å². The minimum Gasteiger partial charge on any atom is -0.504 e. The molecule has 1 amide bonds. The molecule has 0 unspecified atom stereocenters. The Kier molecular flexibility index (Phi) is 5.36. The molecule has 7 heteroatoms. The Labute approximate surface area is 151 Å². The number of carbonyl (C=O) groups excluding carboxylic acids is 2. The van der Waals surface area contributed by atoms with Crippen LogP contribution in [0.25, 0.3) is 11.1 Å². The summed E-state index contributed by atoms with van der Waals surface area (Å²) in [4.78, 5) is 29.4. The number of phenols is 1. The van der Waals surface area contributed by atoms with Gasteiger partial charge in [-0.25, -0.2) is 0 Å². The summed E-state index contributed by atoms with van der Waals surface area (Å²) in [7, 11) is 1.30. The Morgan fingerprint density at radius 2 is 2.15 bits per heavy atom. The quantitative estimate of drug-likeness (QED) is 0.844. The topological polar surface area (TPSA) is 89.0 Å². The molecule has 0 radical (unpaired) electrons. The lowest BCUT2D eigenvalue weighted by Gasteiger charge is -2.20. The maximum Gasteiger partial charge on any atom is 0.306 e. The maximum absolute atomic E-state index is 12.4. The van der Waals surface area contributed by atoms with E-state index in [1.807, 2.05) is 18.2 Å². The zero-order chi connectivity index (χ0) is 18.5. The highest BCUT2D eigenvalue weighted by Crippen LogP contribution is 2.37. The number of methoxy groups -OCH3 is 1. The van der Waals surface area contributed by atoms with Crippen molar-refractivity contribution in [1.82, 2.24) is 9.88 Å². The number of hydrogen-bond donors (Lipinski definition) is 1. The molecule has 0 aliphatic carbocycles. The number of carbonyl (C=O) groups is 2. The number of rotatable bonds is 4. The first-order chi connectivity index (χ1) is 12.6. The lowest BCUT2D eigenvalue weighted by atomic mass is 10.0. The van der Waals surface area contributed by atoms with E-state index in [0.29, 0.717) is 24.4 Å². The van der Waals surface area contributed by atoms with E-state index in [1.165, 1.54) is 7.11 Å². The summed E-state index contributed by atoms with van der Waals surface area (Å²) in [5.41, 5.74) is 2.37. The van der Waals surface area contributed by atoms with Gasteiger partial charge >= 0.3 is 5.97 Å². The second-order valence-corrected chi connectivity index (χ2v) is 5.97. The predicted octanol–water partition coefficient (Wildman–Crippen LogP) is 2.13. The van der Waals surface area contributed by atoms with E-state index < -0.39 is 5.97 Å². The third-order valence-electron chi connectivity index (χ3n) is 4.23. The fraction of sp³-hybridized carbons (Fsp3) is 0.316. The van der Waals surface area contributed by atoms with Crippen LogP contribution >= 0.6 is 0 Å². The van der Waals surface area contributed by atoms with Gasteiger partial charge in [-0.2, -0.15) is 0 Å². The Morgan fingerprint density at radius 1 is 1.31 bits per heavy atom. The number of ether oxygens (including phenoxy) is 2. The summed E-state index contributed by atoms with van der Waals surface area (Å²) in [6, 6.07) is 7.23. The van der Waals surface area contributed by atoms with E-state index in [2.05, 4.69) is 9.72 Å². The van der Waals surface area contributed by atoms with Gasteiger partial charge in [0.1, 0.15) is 6.61 Å². The number of benzene rings is 1. The largest absolute Gasteiger partial charge is 0.504 e. The summed E-state index contributed by atoms with van der Waals surface area (Å²) in [6.45, 7) is 0.962. The fourth-order valence-electron chi connectivity index (χ4n) is 2.88. The molecule has 0 spiro atoms. The maximum atomic E-state index is 12.4. The minimum absolute atomic E-state index is 0.0326.